The lowest BCUT2D eigenvalue weighted by Gasteiger charge is -1.76. The Labute approximate surface area is 85.9 Å². The maximum atomic E-state index is 5.03. The van der Waals surface area contributed by atoms with Crippen LogP contribution in [0.2, 0.25) is 0 Å². The highest BCUT2D eigenvalue weighted by molar-refractivity contribution is 4.19. The molecule has 86 valence electrons. The van der Waals surface area contributed by atoms with Gasteiger partial charge in [0.25, 0.3) is 0 Å². The van der Waals surface area contributed by atoms with Crippen molar-refractivity contribution in [2.45, 2.75) is 54.4 Å². The zero-order chi connectivity index (χ0) is 11.5. The Morgan fingerprint density at radius 1 is 1.00 bits per heavy atom. The molecule has 0 unspecified atom stereocenters. The molecule has 0 spiro atoms. The fraction of sp³-hybridized carbons (Fsp3) is 1.00. The van der Waals surface area contributed by atoms with Crippen molar-refractivity contribution in [3.05, 3.63) is 0 Å². The van der Waals surface area contributed by atoms with Gasteiger partial charge in [0.15, 0.2) is 0 Å². The van der Waals surface area contributed by atoms with E-state index in [0.717, 1.165) is 19.6 Å². The lowest BCUT2D eigenvalue weighted by molar-refractivity contribution is 0.215. The second-order valence-electron chi connectivity index (χ2n) is 2.07. The van der Waals surface area contributed by atoms with Gasteiger partial charge in [0, 0.05) is 13.7 Å². The first-order valence-electron chi connectivity index (χ1n) is 5.43. The van der Waals surface area contributed by atoms with Crippen LogP contribution in [0.5, 0.6) is 0 Å². The Morgan fingerprint density at radius 2 is 1.15 bits per heavy atom. The highest BCUT2D eigenvalue weighted by Gasteiger charge is 1.55. The predicted octanol–water partition coefficient (Wildman–Crippen LogP) is 3.45. The van der Waals surface area contributed by atoms with E-state index in [-0.39, 0.29) is 0 Å². The van der Waals surface area contributed by atoms with E-state index < -0.39 is 0 Å². The second-order valence-corrected chi connectivity index (χ2v) is 2.07. The summed E-state index contributed by atoms with van der Waals surface area (Å²) in [6, 6.07) is 0. The minimum atomic E-state index is 0.819. The number of ether oxygens (including phenoxy) is 1. The Kier molecular flexibility index (Phi) is 104. The summed E-state index contributed by atoms with van der Waals surface area (Å²) in [6.07, 6.45) is 2.35. The van der Waals surface area contributed by atoms with Crippen LogP contribution in [-0.4, -0.2) is 20.3 Å². The Hall–Kier alpha value is -0.0800. The normalized spacial score (nSPS) is 6.46. The molecule has 2 heteroatoms. The average Bonchev–Trinajstić information content (AvgIpc) is 2.22. The monoisotopic (exact) mass is 193 g/mol. The molecule has 0 aromatic heterocycles. The summed E-state index contributed by atoms with van der Waals surface area (Å²) in [5.74, 6) is 0. The van der Waals surface area contributed by atoms with E-state index in [0.29, 0.717) is 0 Å². The van der Waals surface area contributed by atoms with Crippen molar-refractivity contribution in [2.24, 2.45) is 5.73 Å². The van der Waals surface area contributed by atoms with Gasteiger partial charge in [-0.3, -0.25) is 0 Å². The van der Waals surface area contributed by atoms with E-state index >= 15 is 0 Å². The summed E-state index contributed by atoms with van der Waals surface area (Å²) in [5, 5.41) is 0. The highest BCUT2D eigenvalue weighted by Crippen LogP contribution is 1.57. The van der Waals surface area contributed by atoms with Crippen molar-refractivity contribution in [3.8, 4) is 0 Å². The molecule has 2 N–H and O–H groups in total. The van der Waals surface area contributed by atoms with Gasteiger partial charge in [0.1, 0.15) is 0 Å². The van der Waals surface area contributed by atoms with Crippen LogP contribution in [0, 0.1) is 0 Å². The zero-order valence-electron chi connectivity index (χ0n) is 10.8. The third-order valence-corrected chi connectivity index (χ3v) is 0.577. The number of hydrogen-bond acceptors (Lipinski definition) is 2. The Balaban J connectivity index is -0.0000000431. The van der Waals surface area contributed by atoms with Crippen molar-refractivity contribution < 1.29 is 4.74 Å². The molecule has 0 aromatic carbocycles. The number of methoxy groups -OCH3 is 1. The summed E-state index contributed by atoms with van der Waals surface area (Å²) in [7, 11) is 1.68. The molecule has 0 amide bonds. The van der Waals surface area contributed by atoms with Gasteiger partial charge in [0.05, 0.1) is 0 Å². The molecule has 0 heterocycles. The minimum absolute atomic E-state index is 0.819. The highest BCUT2D eigenvalue weighted by atomic mass is 16.5. The van der Waals surface area contributed by atoms with E-state index in [9.17, 15) is 0 Å². The molecule has 0 saturated heterocycles. The van der Waals surface area contributed by atoms with Crippen molar-refractivity contribution in [1.82, 2.24) is 0 Å². The van der Waals surface area contributed by atoms with Crippen LogP contribution < -0.4 is 5.73 Å². The van der Waals surface area contributed by atoms with E-state index in [2.05, 4.69) is 25.5 Å². The number of hydrogen-bond donors (Lipinski definition) is 1. The van der Waals surface area contributed by atoms with Gasteiger partial charge in [-0.25, -0.2) is 0 Å². The largest absolute Gasteiger partial charge is 0.385 e. The van der Waals surface area contributed by atoms with Gasteiger partial charge in [-0.05, 0) is 19.9 Å². The van der Waals surface area contributed by atoms with Gasteiger partial charge in [-0.2, -0.15) is 0 Å². The maximum absolute atomic E-state index is 5.03. The molecule has 0 aromatic rings. The molecule has 0 bridgehead atoms. The Bertz CT molecular complexity index is 25.3. The summed E-state index contributed by atoms with van der Waals surface area (Å²) < 4.78 is 4.54. The molecular formula is C11H31NO. The summed E-state index contributed by atoms with van der Waals surface area (Å²) in [4.78, 5) is 0. The molecule has 0 atom stereocenters. The molecule has 0 aliphatic heterocycles. The quantitative estimate of drug-likeness (QED) is 0.729. The summed E-state index contributed by atoms with van der Waals surface area (Å²) in [6.45, 7) is 13.9. The van der Waals surface area contributed by atoms with Gasteiger partial charge in [-0.1, -0.05) is 41.0 Å². The lowest BCUT2D eigenvalue weighted by atomic mass is 10.5. The summed E-state index contributed by atoms with van der Waals surface area (Å²) >= 11 is 0. The first-order chi connectivity index (χ1) is 6.24. The van der Waals surface area contributed by atoms with Crippen molar-refractivity contribution >= 4 is 0 Å². The maximum Gasteiger partial charge on any atom is 0.0433 e. The molecule has 0 radical (unpaired) electrons. The fourth-order valence-electron chi connectivity index (χ4n) is 0. The molecule has 0 aliphatic rings. The molecule has 0 fully saturated rings. The standard InChI is InChI=1S/C3H9N.C3H8O.C3H8.C2H6/c1-2-3-4;1-3-4-2;1-3-2;1-2/h2-4H2,1H3;3H2,1-2H3;3H2,1-2H3;1-2H3. The van der Waals surface area contributed by atoms with Crippen LogP contribution in [-0.2, 0) is 4.74 Å². The second kappa shape index (κ2) is 58.7. The van der Waals surface area contributed by atoms with E-state index in [4.69, 9.17) is 5.73 Å². The molecule has 2 nitrogen and oxygen atoms in total. The third kappa shape index (κ3) is 318. The van der Waals surface area contributed by atoms with Crippen LogP contribution in [0.25, 0.3) is 0 Å². The Morgan fingerprint density at radius 3 is 1.15 bits per heavy atom. The van der Waals surface area contributed by atoms with E-state index in [1.165, 1.54) is 6.42 Å². The first kappa shape index (κ1) is 23.1. The van der Waals surface area contributed by atoms with Crippen LogP contribution >= 0.6 is 0 Å². The zero-order valence-corrected chi connectivity index (χ0v) is 10.8. The lowest BCUT2D eigenvalue weighted by Crippen LogP contribution is -1.93. The van der Waals surface area contributed by atoms with Crippen LogP contribution in [0.1, 0.15) is 54.4 Å². The first-order valence-corrected chi connectivity index (χ1v) is 5.43. The minimum Gasteiger partial charge on any atom is -0.385 e. The molecule has 0 saturated carbocycles. The number of rotatable bonds is 2. The predicted molar refractivity (Wildman–Crippen MR) is 64.2 cm³/mol. The van der Waals surface area contributed by atoms with Crippen LogP contribution in [0.15, 0.2) is 0 Å². The average molecular weight is 193 g/mol. The van der Waals surface area contributed by atoms with Gasteiger partial charge < -0.3 is 10.5 Å². The van der Waals surface area contributed by atoms with Crippen molar-refractivity contribution in [1.29, 1.82) is 0 Å². The number of nitrogens with two attached hydrogens (primary N) is 1. The van der Waals surface area contributed by atoms with Gasteiger partial charge in [-0.15, -0.1) is 0 Å². The van der Waals surface area contributed by atoms with E-state index in [1.807, 2.05) is 20.8 Å². The third-order valence-electron chi connectivity index (χ3n) is 0.577. The molecule has 0 rings (SSSR count). The summed E-state index contributed by atoms with van der Waals surface area (Å²) in [5.41, 5.74) is 5.03. The van der Waals surface area contributed by atoms with Gasteiger partial charge in [0.2, 0.25) is 0 Å². The molecule has 13 heavy (non-hydrogen) atoms. The van der Waals surface area contributed by atoms with Gasteiger partial charge >= 0.3 is 0 Å². The molecule has 0 aliphatic carbocycles. The van der Waals surface area contributed by atoms with Crippen molar-refractivity contribution in [2.75, 3.05) is 20.3 Å². The SMILES string of the molecule is CC.CCC.CCCN.CCOC. The topological polar surface area (TPSA) is 35.2 Å². The van der Waals surface area contributed by atoms with Crippen LogP contribution in [0.4, 0.5) is 0 Å². The van der Waals surface area contributed by atoms with E-state index in [1.54, 1.807) is 7.11 Å². The fourth-order valence-corrected chi connectivity index (χ4v) is 0. The van der Waals surface area contributed by atoms with Crippen molar-refractivity contribution in [3.63, 3.8) is 0 Å². The molecular weight excluding hydrogens is 162 g/mol. The smallest absolute Gasteiger partial charge is 0.0433 e. The van der Waals surface area contributed by atoms with Crippen LogP contribution in [0.3, 0.4) is 0 Å².